The van der Waals surface area contributed by atoms with Crippen LogP contribution in [0, 0.1) is 0 Å². The molecule has 3 nitrogen and oxygen atoms in total. The molecule has 114 valence electrons. The van der Waals surface area contributed by atoms with Crippen molar-refractivity contribution in [3.63, 3.8) is 0 Å². The van der Waals surface area contributed by atoms with Crippen LogP contribution in [0.5, 0.6) is 0 Å². The largest absolute Gasteiger partial charge is 0.459 e. The summed E-state index contributed by atoms with van der Waals surface area (Å²) < 4.78 is 11.2. The molecule has 1 aromatic heterocycles. The summed E-state index contributed by atoms with van der Waals surface area (Å²) >= 11 is 0. The lowest BCUT2D eigenvalue weighted by atomic mass is 10.0. The van der Waals surface area contributed by atoms with Crippen LogP contribution >= 0.6 is 0 Å². The van der Waals surface area contributed by atoms with E-state index in [1.165, 1.54) is 5.56 Å². The molecule has 0 saturated carbocycles. The fraction of sp³-hybridized carbons (Fsp3) is 0.444. The number of nitrogens with one attached hydrogen (secondary N) is 1. The molecule has 1 N–H and O–H groups in total. The van der Waals surface area contributed by atoms with Gasteiger partial charge in [0, 0.05) is 12.7 Å². The van der Waals surface area contributed by atoms with Crippen LogP contribution in [0.4, 0.5) is 0 Å². The Morgan fingerprint density at radius 3 is 2.76 bits per heavy atom. The van der Waals surface area contributed by atoms with E-state index in [4.69, 9.17) is 9.15 Å². The van der Waals surface area contributed by atoms with Crippen molar-refractivity contribution in [3.05, 3.63) is 47.7 Å². The molecule has 0 fully saturated rings. The molecule has 1 aromatic carbocycles. The van der Waals surface area contributed by atoms with Crippen molar-refractivity contribution >= 4 is 0 Å². The zero-order valence-corrected chi connectivity index (χ0v) is 13.2. The zero-order chi connectivity index (χ0) is 15.1. The number of furan rings is 1. The molecule has 0 spiro atoms. The lowest BCUT2D eigenvalue weighted by molar-refractivity contribution is 0.202. The molecule has 2 aromatic rings. The number of benzene rings is 1. The van der Waals surface area contributed by atoms with E-state index in [1.54, 1.807) is 7.11 Å². The Hall–Kier alpha value is -1.58. The molecule has 0 amide bonds. The van der Waals surface area contributed by atoms with Gasteiger partial charge < -0.3 is 14.5 Å². The highest BCUT2D eigenvalue weighted by Gasteiger charge is 2.12. The maximum atomic E-state index is 6.05. The van der Waals surface area contributed by atoms with Gasteiger partial charge in [0.1, 0.15) is 11.5 Å². The van der Waals surface area contributed by atoms with Crippen LogP contribution in [0.15, 0.2) is 40.8 Å². The summed E-state index contributed by atoms with van der Waals surface area (Å²) in [5.74, 6) is 1.92. The molecule has 0 saturated heterocycles. The minimum absolute atomic E-state index is 0.241. The van der Waals surface area contributed by atoms with Crippen LogP contribution in [0.2, 0.25) is 0 Å². The van der Waals surface area contributed by atoms with Crippen molar-refractivity contribution in [2.75, 3.05) is 20.3 Å². The van der Waals surface area contributed by atoms with E-state index in [-0.39, 0.29) is 6.04 Å². The van der Waals surface area contributed by atoms with Gasteiger partial charge in [-0.1, -0.05) is 31.2 Å². The maximum Gasteiger partial charge on any atom is 0.134 e. The van der Waals surface area contributed by atoms with Crippen LogP contribution < -0.4 is 5.32 Å². The second-order valence-electron chi connectivity index (χ2n) is 5.28. The van der Waals surface area contributed by atoms with Crippen molar-refractivity contribution in [2.24, 2.45) is 0 Å². The highest BCUT2D eigenvalue weighted by atomic mass is 16.5. The predicted octanol–water partition coefficient (Wildman–Crippen LogP) is 4.20. The van der Waals surface area contributed by atoms with Gasteiger partial charge in [0.25, 0.3) is 0 Å². The number of methoxy groups -OCH3 is 1. The van der Waals surface area contributed by atoms with E-state index < -0.39 is 0 Å². The highest BCUT2D eigenvalue weighted by Crippen LogP contribution is 2.28. The Labute approximate surface area is 127 Å². The summed E-state index contributed by atoms with van der Waals surface area (Å²) in [5.41, 5.74) is 2.41. The molecule has 1 atom stereocenters. The fourth-order valence-electron chi connectivity index (χ4n) is 2.38. The van der Waals surface area contributed by atoms with Gasteiger partial charge in [-0.25, -0.2) is 0 Å². The molecular weight excluding hydrogens is 262 g/mol. The quantitative estimate of drug-likeness (QED) is 0.790. The molecular formula is C18H25NO2. The summed E-state index contributed by atoms with van der Waals surface area (Å²) in [6, 6.07) is 12.7. The molecule has 3 heteroatoms. The van der Waals surface area contributed by atoms with Gasteiger partial charge in [0.2, 0.25) is 0 Å². The van der Waals surface area contributed by atoms with E-state index in [2.05, 4.69) is 49.5 Å². The molecule has 2 rings (SSSR count). The number of hydrogen-bond acceptors (Lipinski definition) is 3. The number of hydrogen-bond donors (Lipinski definition) is 1. The number of ether oxygens (including phenoxy) is 1. The summed E-state index contributed by atoms with van der Waals surface area (Å²) in [7, 11) is 1.73. The lowest BCUT2D eigenvalue weighted by Crippen LogP contribution is -2.18. The molecule has 21 heavy (non-hydrogen) atoms. The molecule has 1 heterocycles. The summed E-state index contributed by atoms with van der Waals surface area (Å²) in [6.45, 7) is 6.02. The standard InChI is InChI=1S/C18H25NO2/c1-4-12-19-14(2)17-9-10-18(21-17)16-8-6-5-7-15(16)11-13-20-3/h5-10,14,19H,4,11-13H2,1-3H3. The van der Waals surface area contributed by atoms with Crippen LogP contribution in [-0.4, -0.2) is 20.3 Å². The third kappa shape index (κ3) is 4.19. The normalized spacial score (nSPS) is 12.5. The predicted molar refractivity (Wildman–Crippen MR) is 86.4 cm³/mol. The molecule has 0 aliphatic heterocycles. The van der Waals surface area contributed by atoms with Crippen LogP contribution in [-0.2, 0) is 11.2 Å². The van der Waals surface area contributed by atoms with Gasteiger partial charge in [-0.15, -0.1) is 0 Å². The molecule has 0 radical (unpaired) electrons. The highest BCUT2D eigenvalue weighted by molar-refractivity contribution is 5.62. The first kappa shape index (κ1) is 15.8. The zero-order valence-electron chi connectivity index (χ0n) is 13.2. The van der Waals surface area contributed by atoms with Crippen molar-refractivity contribution in [2.45, 2.75) is 32.7 Å². The summed E-state index contributed by atoms with van der Waals surface area (Å²) in [5, 5.41) is 3.45. The minimum atomic E-state index is 0.241. The molecule has 1 unspecified atom stereocenters. The van der Waals surface area contributed by atoms with E-state index in [0.29, 0.717) is 0 Å². The monoisotopic (exact) mass is 287 g/mol. The Balaban J connectivity index is 2.17. The lowest BCUT2D eigenvalue weighted by Gasteiger charge is -2.10. The average molecular weight is 287 g/mol. The van der Waals surface area contributed by atoms with Crippen LogP contribution in [0.3, 0.4) is 0 Å². The Morgan fingerprint density at radius 2 is 2.00 bits per heavy atom. The van der Waals surface area contributed by atoms with Gasteiger partial charge in [-0.3, -0.25) is 0 Å². The van der Waals surface area contributed by atoms with E-state index in [1.807, 2.05) is 6.07 Å². The van der Waals surface area contributed by atoms with Gasteiger partial charge in [-0.05, 0) is 44.0 Å². The van der Waals surface area contributed by atoms with Crippen molar-refractivity contribution in [1.82, 2.24) is 5.32 Å². The van der Waals surface area contributed by atoms with Crippen LogP contribution in [0.1, 0.15) is 37.6 Å². The van der Waals surface area contributed by atoms with Gasteiger partial charge in [0.15, 0.2) is 0 Å². The average Bonchev–Trinajstić information content (AvgIpc) is 3.00. The van der Waals surface area contributed by atoms with E-state index in [9.17, 15) is 0 Å². The third-order valence-corrected chi connectivity index (χ3v) is 3.61. The van der Waals surface area contributed by atoms with Gasteiger partial charge in [-0.2, -0.15) is 0 Å². The van der Waals surface area contributed by atoms with Gasteiger partial charge in [0.05, 0.1) is 12.6 Å². The second-order valence-corrected chi connectivity index (χ2v) is 5.28. The smallest absolute Gasteiger partial charge is 0.134 e. The Morgan fingerprint density at radius 1 is 1.19 bits per heavy atom. The summed E-state index contributed by atoms with van der Waals surface area (Å²) in [4.78, 5) is 0. The second kappa shape index (κ2) is 8.01. The first-order chi connectivity index (χ1) is 10.3. The van der Waals surface area contributed by atoms with Gasteiger partial charge >= 0.3 is 0 Å². The first-order valence-electron chi connectivity index (χ1n) is 7.66. The van der Waals surface area contributed by atoms with Crippen molar-refractivity contribution < 1.29 is 9.15 Å². The molecule has 0 aliphatic carbocycles. The SMILES string of the molecule is CCCNC(C)c1ccc(-c2ccccc2CCOC)o1. The first-order valence-corrected chi connectivity index (χ1v) is 7.66. The van der Waals surface area contributed by atoms with E-state index >= 15 is 0 Å². The Bertz CT molecular complexity index is 548. The van der Waals surface area contributed by atoms with Crippen LogP contribution in [0.25, 0.3) is 11.3 Å². The molecule has 0 bridgehead atoms. The minimum Gasteiger partial charge on any atom is -0.459 e. The van der Waals surface area contributed by atoms with E-state index in [0.717, 1.165) is 43.1 Å². The van der Waals surface area contributed by atoms with Crippen molar-refractivity contribution in [3.8, 4) is 11.3 Å². The third-order valence-electron chi connectivity index (χ3n) is 3.61. The fourth-order valence-corrected chi connectivity index (χ4v) is 2.38. The topological polar surface area (TPSA) is 34.4 Å². The number of rotatable bonds is 8. The van der Waals surface area contributed by atoms with Crippen molar-refractivity contribution in [1.29, 1.82) is 0 Å². The summed E-state index contributed by atoms with van der Waals surface area (Å²) in [6.07, 6.45) is 2.02. The molecule has 0 aliphatic rings. The Kier molecular flexibility index (Phi) is 6.03. The maximum absolute atomic E-state index is 6.05.